The highest BCUT2D eigenvalue weighted by atomic mass is 19.1. The Hall–Kier alpha value is -2.43. The van der Waals surface area contributed by atoms with Crippen LogP contribution in [0.1, 0.15) is 13.3 Å². The molecule has 2 aromatic carbocycles. The molecule has 0 radical (unpaired) electrons. The maximum atomic E-state index is 13.2. The van der Waals surface area contributed by atoms with E-state index in [0.29, 0.717) is 29.5 Å². The third-order valence-corrected chi connectivity index (χ3v) is 2.84. The highest BCUT2D eigenvalue weighted by Crippen LogP contribution is 2.31. The van der Waals surface area contributed by atoms with Gasteiger partial charge in [0.1, 0.15) is 17.3 Å². The second-order valence-electron chi connectivity index (χ2n) is 4.61. The molecule has 5 heteroatoms. The van der Waals surface area contributed by atoms with E-state index < -0.39 is 0 Å². The number of hydrogen-bond acceptors (Lipinski definition) is 4. The van der Waals surface area contributed by atoms with Gasteiger partial charge in [-0.3, -0.25) is 0 Å². The van der Waals surface area contributed by atoms with Gasteiger partial charge < -0.3 is 20.5 Å². The lowest BCUT2D eigenvalue weighted by Gasteiger charge is -2.13. The summed E-state index contributed by atoms with van der Waals surface area (Å²) in [6.45, 7) is 2.66. The minimum Gasteiger partial charge on any atom is -0.494 e. The van der Waals surface area contributed by atoms with Crippen molar-refractivity contribution in [1.82, 2.24) is 0 Å². The summed E-state index contributed by atoms with van der Waals surface area (Å²) in [5.74, 6) is 0.769. The lowest BCUT2D eigenvalue weighted by Crippen LogP contribution is -1.99. The van der Waals surface area contributed by atoms with E-state index in [2.05, 4.69) is 5.32 Å². The molecule has 112 valence electrons. The summed E-state index contributed by atoms with van der Waals surface area (Å²) in [6.07, 6.45) is 0.920. The van der Waals surface area contributed by atoms with Crippen molar-refractivity contribution in [2.24, 2.45) is 0 Å². The fraction of sp³-hybridized carbons (Fsp3) is 0.250. The largest absolute Gasteiger partial charge is 0.494 e. The quantitative estimate of drug-likeness (QED) is 0.791. The normalized spacial score (nSPS) is 10.2. The summed E-state index contributed by atoms with van der Waals surface area (Å²) in [6, 6.07) is 9.69. The van der Waals surface area contributed by atoms with Crippen LogP contribution in [-0.4, -0.2) is 13.7 Å². The molecular weight excluding hydrogens is 271 g/mol. The molecule has 2 aromatic rings. The highest BCUT2D eigenvalue weighted by Gasteiger charge is 2.06. The minimum absolute atomic E-state index is 0.350. The van der Waals surface area contributed by atoms with Crippen molar-refractivity contribution < 1.29 is 13.9 Å². The number of ether oxygens (including phenoxy) is 2. The molecule has 0 spiro atoms. The first-order valence-corrected chi connectivity index (χ1v) is 6.76. The predicted octanol–water partition coefficient (Wildman–Crippen LogP) is 3.95. The first-order chi connectivity index (χ1) is 10.1. The van der Waals surface area contributed by atoms with Gasteiger partial charge in [0.05, 0.1) is 19.4 Å². The fourth-order valence-electron chi connectivity index (χ4n) is 1.92. The van der Waals surface area contributed by atoms with Gasteiger partial charge in [0, 0.05) is 29.6 Å². The first kappa shape index (κ1) is 15.0. The molecular formula is C16H19FN2O2. The number of nitrogens with one attached hydrogen (secondary N) is 1. The Morgan fingerprint density at radius 3 is 2.71 bits per heavy atom. The van der Waals surface area contributed by atoms with Crippen molar-refractivity contribution >= 4 is 17.1 Å². The number of benzene rings is 2. The summed E-state index contributed by atoms with van der Waals surface area (Å²) in [5, 5.41) is 3.16. The van der Waals surface area contributed by atoms with Gasteiger partial charge >= 0.3 is 0 Å². The number of nitrogens with two attached hydrogens (primary N) is 1. The Kier molecular flexibility index (Phi) is 4.87. The lowest BCUT2D eigenvalue weighted by molar-refractivity contribution is 0.318. The average molecular weight is 290 g/mol. The fourth-order valence-corrected chi connectivity index (χ4v) is 1.92. The molecule has 0 atom stereocenters. The van der Waals surface area contributed by atoms with Crippen molar-refractivity contribution in [2.75, 3.05) is 24.8 Å². The molecule has 0 aliphatic carbocycles. The molecule has 0 saturated heterocycles. The molecule has 0 heterocycles. The van der Waals surface area contributed by atoms with Crippen molar-refractivity contribution in [2.45, 2.75) is 13.3 Å². The molecule has 21 heavy (non-hydrogen) atoms. The summed E-state index contributed by atoms with van der Waals surface area (Å²) >= 11 is 0. The van der Waals surface area contributed by atoms with Crippen LogP contribution in [0.15, 0.2) is 36.4 Å². The monoisotopic (exact) mass is 290 g/mol. The molecule has 2 rings (SSSR count). The SMILES string of the molecule is CCCOc1cc(N)cc(Nc2ccc(F)cc2OC)c1. The van der Waals surface area contributed by atoms with Crippen LogP contribution < -0.4 is 20.5 Å². The van der Waals surface area contributed by atoms with E-state index in [1.165, 1.54) is 19.2 Å². The standard InChI is InChI=1S/C16H19FN2O2/c1-3-6-21-14-9-12(18)8-13(10-14)19-15-5-4-11(17)7-16(15)20-2/h4-5,7-10,19H,3,6,18H2,1-2H3. The first-order valence-electron chi connectivity index (χ1n) is 6.76. The Morgan fingerprint density at radius 2 is 2.00 bits per heavy atom. The molecule has 0 aliphatic heterocycles. The van der Waals surface area contributed by atoms with Crippen molar-refractivity contribution in [3.8, 4) is 11.5 Å². The van der Waals surface area contributed by atoms with Gasteiger partial charge in [-0.2, -0.15) is 0 Å². The van der Waals surface area contributed by atoms with Crippen LogP contribution in [0.3, 0.4) is 0 Å². The van der Waals surface area contributed by atoms with Crippen LogP contribution in [0.25, 0.3) is 0 Å². The third-order valence-electron chi connectivity index (χ3n) is 2.84. The molecule has 0 aromatic heterocycles. The Balaban J connectivity index is 2.24. The second-order valence-corrected chi connectivity index (χ2v) is 4.61. The van der Waals surface area contributed by atoms with Crippen molar-refractivity contribution in [3.05, 3.63) is 42.2 Å². The smallest absolute Gasteiger partial charge is 0.145 e. The topological polar surface area (TPSA) is 56.5 Å². The zero-order valence-electron chi connectivity index (χ0n) is 12.2. The zero-order valence-corrected chi connectivity index (χ0v) is 12.2. The van der Waals surface area contributed by atoms with Gasteiger partial charge in [0.2, 0.25) is 0 Å². The third kappa shape index (κ3) is 4.02. The molecule has 0 unspecified atom stereocenters. The number of nitrogen functional groups attached to an aromatic ring is 1. The Bertz CT molecular complexity index is 617. The van der Waals surface area contributed by atoms with E-state index in [1.54, 1.807) is 18.2 Å². The van der Waals surface area contributed by atoms with Crippen LogP contribution in [0.5, 0.6) is 11.5 Å². The van der Waals surface area contributed by atoms with E-state index in [4.69, 9.17) is 15.2 Å². The van der Waals surface area contributed by atoms with Crippen LogP contribution in [0.4, 0.5) is 21.5 Å². The lowest BCUT2D eigenvalue weighted by atomic mass is 10.2. The molecule has 4 nitrogen and oxygen atoms in total. The number of hydrogen-bond donors (Lipinski definition) is 2. The Morgan fingerprint density at radius 1 is 1.19 bits per heavy atom. The number of halogens is 1. The van der Waals surface area contributed by atoms with E-state index >= 15 is 0 Å². The maximum absolute atomic E-state index is 13.2. The molecule has 3 N–H and O–H groups in total. The van der Waals surface area contributed by atoms with Crippen molar-refractivity contribution in [3.63, 3.8) is 0 Å². The number of anilines is 3. The number of methoxy groups -OCH3 is 1. The Labute approximate surface area is 123 Å². The van der Waals surface area contributed by atoms with Crippen LogP contribution in [-0.2, 0) is 0 Å². The van der Waals surface area contributed by atoms with E-state index in [1.807, 2.05) is 13.0 Å². The second kappa shape index (κ2) is 6.83. The minimum atomic E-state index is -0.350. The van der Waals surface area contributed by atoms with Crippen LogP contribution in [0, 0.1) is 5.82 Å². The van der Waals surface area contributed by atoms with Crippen molar-refractivity contribution in [1.29, 1.82) is 0 Å². The molecule has 0 saturated carbocycles. The predicted molar refractivity (Wildman–Crippen MR) is 82.9 cm³/mol. The van der Waals surface area contributed by atoms with Crippen LogP contribution in [0.2, 0.25) is 0 Å². The molecule has 0 amide bonds. The molecule has 0 fully saturated rings. The molecule has 0 bridgehead atoms. The van der Waals surface area contributed by atoms with Gasteiger partial charge in [-0.15, -0.1) is 0 Å². The molecule has 0 aliphatic rings. The van der Waals surface area contributed by atoms with Gasteiger partial charge in [-0.25, -0.2) is 4.39 Å². The summed E-state index contributed by atoms with van der Waals surface area (Å²) in [7, 11) is 1.50. The van der Waals surface area contributed by atoms with Gasteiger partial charge in [0.15, 0.2) is 0 Å². The number of rotatable bonds is 6. The van der Waals surface area contributed by atoms with E-state index in [0.717, 1.165) is 12.1 Å². The maximum Gasteiger partial charge on any atom is 0.145 e. The van der Waals surface area contributed by atoms with Gasteiger partial charge in [-0.05, 0) is 24.6 Å². The van der Waals surface area contributed by atoms with Gasteiger partial charge in [-0.1, -0.05) is 6.92 Å². The average Bonchev–Trinajstić information content (AvgIpc) is 2.46. The highest BCUT2D eigenvalue weighted by molar-refractivity contribution is 5.70. The summed E-state index contributed by atoms with van der Waals surface area (Å²) in [5.41, 5.74) is 7.87. The zero-order chi connectivity index (χ0) is 15.2. The van der Waals surface area contributed by atoms with Gasteiger partial charge in [0.25, 0.3) is 0 Å². The summed E-state index contributed by atoms with van der Waals surface area (Å²) in [4.78, 5) is 0. The van der Waals surface area contributed by atoms with E-state index in [-0.39, 0.29) is 5.82 Å². The van der Waals surface area contributed by atoms with Crippen LogP contribution >= 0.6 is 0 Å². The van der Waals surface area contributed by atoms with E-state index in [9.17, 15) is 4.39 Å². The summed E-state index contributed by atoms with van der Waals surface area (Å²) < 4.78 is 23.9.